The van der Waals surface area contributed by atoms with Crippen LogP contribution in [-0.4, -0.2) is 6.54 Å². The maximum atomic E-state index is 3.66. The molecule has 0 amide bonds. The molecule has 2 heteroatoms. The number of thiophene rings is 1. The molecule has 0 fully saturated rings. The van der Waals surface area contributed by atoms with Gasteiger partial charge in [-0.15, -0.1) is 23.2 Å². The van der Waals surface area contributed by atoms with Crippen LogP contribution in [0.1, 0.15) is 44.7 Å². The topological polar surface area (TPSA) is 12.0 Å². The summed E-state index contributed by atoms with van der Waals surface area (Å²) in [7, 11) is 0. The predicted molar refractivity (Wildman–Crippen MR) is 85.5 cm³/mol. The molecule has 1 aromatic heterocycles. The van der Waals surface area contributed by atoms with Crippen molar-refractivity contribution in [2.45, 2.75) is 39.2 Å². The molecule has 2 aromatic rings. The zero-order chi connectivity index (χ0) is 13.5. The van der Waals surface area contributed by atoms with Crippen LogP contribution >= 0.6 is 11.3 Å². The SMILES string of the molecule is CC#CCCC(NCCC)c1csc2ccccc12. The lowest BCUT2D eigenvalue weighted by molar-refractivity contribution is 0.509. The van der Waals surface area contributed by atoms with Crippen LogP contribution in [0.2, 0.25) is 0 Å². The van der Waals surface area contributed by atoms with Gasteiger partial charge in [0.2, 0.25) is 0 Å². The summed E-state index contributed by atoms with van der Waals surface area (Å²) in [6.45, 7) is 5.19. The van der Waals surface area contributed by atoms with Gasteiger partial charge in [-0.25, -0.2) is 0 Å². The van der Waals surface area contributed by atoms with E-state index in [9.17, 15) is 0 Å². The monoisotopic (exact) mass is 271 g/mol. The van der Waals surface area contributed by atoms with Crippen LogP contribution in [0.3, 0.4) is 0 Å². The third-order valence-electron chi connectivity index (χ3n) is 3.26. The fourth-order valence-corrected chi connectivity index (χ4v) is 3.31. The molecule has 0 radical (unpaired) electrons. The van der Waals surface area contributed by atoms with Gasteiger partial charge in [-0.3, -0.25) is 0 Å². The van der Waals surface area contributed by atoms with Gasteiger partial charge in [0.1, 0.15) is 0 Å². The van der Waals surface area contributed by atoms with Crippen LogP contribution in [-0.2, 0) is 0 Å². The largest absolute Gasteiger partial charge is 0.310 e. The van der Waals surface area contributed by atoms with E-state index in [-0.39, 0.29) is 0 Å². The molecule has 0 aliphatic heterocycles. The van der Waals surface area contributed by atoms with E-state index in [4.69, 9.17) is 0 Å². The van der Waals surface area contributed by atoms with E-state index in [1.165, 1.54) is 15.6 Å². The molecule has 19 heavy (non-hydrogen) atoms. The van der Waals surface area contributed by atoms with E-state index in [0.717, 1.165) is 25.8 Å². The van der Waals surface area contributed by atoms with E-state index in [0.29, 0.717) is 6.04 Å². The third kappa shape index (κ3) is 3.59. The Bertz CT molecular complexity index is 573. The number of hydrogen-bond acceptors (Lipinski definition) is 2. The van der Waals surface area contributed by atoms with Crippen molar-refractivity contribution < 1.29 is 0 Å². The van der Waals surface area contributed by atoms with Crippen LogP contribution in [0.15, 0.2) is 29.6 Å². The smallest absolute Gasteiger partial charge is 0.0346 e. The summed E-state index contributed by atoms with van der Waals surface area (Å²) in [5.74, 6) is 6.17. The van der Waals surface area contributed by atoms with Gasteiger partial charge in [-0.05, 0) is 48.7 Å². The summed E-state index contributed by atoms with van der Waals surface area (Å²) in [5.41, 5.74) is 1.44. The predicted octanol–water partition coefficient (Wildman–Crippen LogP) is 4.75. The first-order chi connectivity index (χ1) is 9.36. The van der Waals surface area contributed by atoms with E-state index >= 15 is 0 Å². The van der Waals surface area contributed by atoms with Gasteiger partial charge < -0.3 is 5.32 Å². The molecule has 0 bridgehead atoms. The van der Waals surface area contributed by atoms with Crippen molar-refractivity contribution in [3.05, 3.63) is 35.2 Å². The van der Waals surface area contributed by atoms with Crippen molar-refractivity contribution in [3.8, 4) is 11.8 Å². The molecule has 0 aliphatic carbocycles. The Labute approximate surface area is 120 Å². The highest BCUT2D eigenvalue weighted by Gasteiger charge is 2.14. The minimum Gasteiger partial charge on any atom is -0.310 e. The summed E-state index contributed by atoms with van der Waals surface area (Å²) in [5, 5.41) is 7.36. The van der Waals surface area contributed by atoms with Crippen LogP contribution in [0, 0.1) is 11.8 Å². The van der Waals surface area contributed by atoms with Gasteiger partial charge in [0.25, 0.3) is 0 Å². The van der Waals surface area contributed by atoms with Crippen molar-refractivity contribution >= 4 is 21.4 Å². The Morgan fingerprint density at radius 2 is 2.16 bits per heavy atom. The summed E-state index contributed by atoms with van der Waals surface area (Å²) < 4.78 is 1.38. The molecule has 1 nitrogen and oxygen atoms in total. The summed E-state index contributed by atoms with van der Waals surface area (Å²) in [4.78, 5) is 0. The Hall–Kier alpha value is -1.30. The van der Waals surface area contributed by atoms with Gasteiger partial charge in [0.15, 0.2) is 0 Å². The summed E-state index contributed by atoms with van der Waals surface area (Å²) in [6.07, 6.45) is 3.21. The van der Waals surface area contributed by atoms with Crippen molar-refractivity contribution in [1.29, 1.82) is 0 Å². The Balaban J connectivity index is 2.22. The molecule has 1 unspecified atom stereocenters. The second-order valence-corrected chi connectivity index (χ2v) is 5.57. The average molecular weight is 271 g/mol. The van der Waals surface area contributed by atoms with Crippen molar-refractivity contribution in [2.24, 2.45) is 0 Å². The zero-order valence-corrected chi connectivity index (χ0v) is 12.5. The maximum absolute atomic E-state index is 3.66. The molecule has 0 saturated carbocycles. The normalized spacial score (nSPS) is 12.1. The summed E-state index contributed by atoms with van der Waals surface area (Å²) >= 11 is 1.84. The van der Waals surface area contributed by atoms with Crippen LogP contribution < -0.4 is 5.32 Å². The van der Waals surface area contributed by atoms with Gasteiger partial charge in [0, 0.05) is 17.2 Å². The minimum absolute atomic E-state index is 0.428. The second kappa shape index (κ2) is 7.33. The minimum atomic E-state index is 0.428. The Morgan fingerprint density at radius 1 is 1.32 bits per heavy atom. The lowest BCUT2D eigenvalue weighted by Crippen LogP contribution is -2.21. The lowest BCUT2D eigenvalue weighted by Gasteiger charge is -2.17. The molecule has 1 atom stereocenters. The molecule has 1 N–H and O–H groups in total. The highest BCUT2D eigenvalue weighted by molar-refractivity contribution is 7.17. The molecule has 0 saturated heterocycles. The van der Waals surface area contributed by atoms with Crippen LogP contribution in [0.5, 0.6) is 0 Å². The molecule has 1 heterocycles. The average Bonchev–Trinajstić information content (AvgIpc) is 2.87. The number of benzene rings is 1. The van der Waals surface area contributed by atoms with E-state index < -0.39 is 0 Å². The number of fused-ring (bicyclic) bond motifs is 1. The first-order valence-electron chi connectivity index (χ1n) is 6.96. The second-order valence-electron chi connectivity index (χ2n) is 4.66. The molecular weight excluding hydrogens is 250 g/mol. The maximum Gasteiger partial charge on any atom is 0.0346 e. The highest BCUT2D eigenvalue weighted by Crippen LogP contribution is 2.32. The van der Waals surface area contributed by atoms with Crippen LogP contribution in [0.4, 0.5) is 0 Å². The first kappa shape index (κ1) is 14.1. The molecule has 2 rings (SSSR count). The summed E-state index contributed by atoms with van der Waals surface area (Å²) in [6, 6.07) is 9.09. The van der Waals surface area contributed by atoms with Gasteiger partial charge >= 0.3 is 0 Å². The Morgan fingerprint density at radius 3 is 2.95 bits per heavy atom. The van der Waals surface area contributed by atoms with E-state index in [1.807, 2.05) is 18.3 Å². The van der Waals surface area contributed by atoms with Crippen molar-refractivity contribution in [3.63, 3.8) is 0 Å². The highest BCUT2D eigenvalue weighted by atomic mass is 32.1. The molecular formula is C17H21NS. The lowest BCUT2D eigenvalue weighted by atomic mass is 10.0. The number of hydrogen-bond donors (Lipinski definition) is 1. The molecule has 0 spiro atoms. The molecule has 100 valence electrons. The fraction of sp³-hybridized carbons (Fsp3) is 0.412. The van der Waals surface area contributed by atoms with Gasteiger partial charge in [-0.1, -0.05) is 25.1 Å². The first-order valence-corrected chi connectivity index (χ1v) is 7.84. The Kier molecular flexibility index (Phi) is 5.44. The fourth-order valence-electron chi connectivity index (χ4n) is 2.30. The van der Waals surface area contributed by atoms with Gasteiger partial charge in [0.05, 0.1) is 0 Å². The van der Waals surface area contributed by atoms with Gasteiger partial charge in [-0.2, -0.15) is 0 Å². The zero-order valence-electron chi connectivity index (χ0n) is 11.7. The number of rotatable bonds is 6. The number of nitrogens with one attached hydrogen (secondary N) is 1. The molecule has 1 aromatic carbocycles. The van der Waals surface area contributed by atoms with Crippen molar-refractivity contribution in [1.82, 2.24) is 5.32 Å². The third-order valence-corrected chi connectivity index (χ3v) is 4.24. The quantitative estimate of drug-likeness (QED) is 0.748. The van der Waals surface area contributed by atoms with E-state index in [2.05, 4.69) is 53.7 Å². The van der Waals surface area contributed by atoms with Crippen molar-refractivity contribution in [2.75, 3.05) is 6.54 Å². The molecule has 0 aliphatic rings. The van der Waals surface area contributed by atoms with E-state index in [1.54, 1.807) is 0 Å². The standard InChI is InChI=1S/C17H21NS/c1-3-5-6-10-16(18-12-4-2)15-13-19-17-11-8-7-9-14(15)17/h7-9,11,13,16,18H,4,6,10,12H2,1-2H3. The van der Waals surface area contributed by atoms with Crippen LogP contribution in [0.25, 0.3) is 10.1 Å².